The van der Waals surface area contributed by atoms with Gasteiger partial charge in [-0.3, -0.25) is 14.7 Å². The quantitative estimate of drug-likeness (QED) is 0.0327. The molecule has 4 aromatic carbocycles. The van der Waals surface area contributed by atoms with E-state index in [0.717, 1.165) is 21.3 Å². The van der Waals surface area contributed by atoms with Gasteiger partial charge in [-0.05, 0) is 90.5 Å². The Balaban J connectivity index is 1.26. The number of aliphatic hydroxyl groups is 1. The molecule has 0 aliphatic carbocycles. The molecule has 1 aliphatic heterocycles. The van der Waals surface area contributed by atoms with E-state index >= 15 is 0 Å². The SMILES string of the molecule is COc1ccc(C(OC[C@H]2O[C@@H](n3ccc(NC(=O)OCc4ccccc4O[Si](C(C)C)(C(C)C)C(C)C)nc3=O)[C@H](OCOC(=O)C(C)(C)C)[C@@H]2O)(c2ccccc2)c2ccc(OC)cc2)cc1. The Morgan fingerprint density at radius 1 is 0.768 bits per heavy atom. The van der Waals surface area contributed by atoms with Crippen LogP contribution in [0.5, 0.6) is 17.2 Å². The smallest absolute Gasteiger partial charge is 0.413 e. The van der Waals surface area contributed by atoms with Crippen LogP contribution in [0.1, 0.15) is 90.8 Å². The van der Waals surface area contributed by atoms with Crippen molar-refractivity contribution < 1.29 is 52.3 Å². The summed E-state index contributed by atoms with van der Waals surface area (Å²) >= 11 is 0. The van der Waals surface area contributed by atoms with Crippen LogP contribution in [0.3, 0.4) is 0 Å². The van der Waals surface area contributed by atoms with E-state index in [2.05, 4.69) is 51.8 Å². The average Bonchev–Trinajstić information content (AvgIpc) is 3.63. The molecule has 2 N–H and O–H groups in total. The van der Waals surface area contributed by atoms with E-state index in [-0.39, 0.29) is 19.0 Å². The largest absolute Gasteiger partial charge is 0.542 e. The molecule has 1 amide bonds. The number of para-hydroxylation sites is 1. The Morgan fingerprint density at radius 2 is 1.32 bits per heavy atom. The van der Waals surface area contributed by atoms with E-state index < -0.39 is 68.4 Å². The van der Waals surface area contributed by atoms with Crippen molar-refractivity contribution in [1.82, 2.24) is 9.55 Å². The number of ether oxygens (including phenoxy) is 7. The lowest BCUT2D eigenvalue weighted by molar-refractivity contribution is -0.179. The maximum absolute atomic E-state index is 13.9. The fourth-order valence-electron chi connectivity index (χ4n) is 9.15. The number of esters is 1. The number of nitrogens with zero attached hydrogens (tertiary/aromatic N) is 2. The lowest BCUT2D eigenvalue weighted by atomic mass is 9.80. The van der Waals surface area contributed by atoms with Crippen LogP contribution in [0.25, 0.3) is 0 Å². The maximum atomic E-state index is 13.9. The third-order valence-electron chi connectivity index (χ3n) is 12.7. The zero-order chi connectivity index (χ0) is 50.1. The number of carbonyl (C=O) groups is 2. The molecule has 1 aromatic heterocycles. The predicted molar refractivity (Wildman–Crippen MR) is 264 cm³/mol. The second-order valence-corrected chi connectivity index (χ2v) is 24.4. The van der Waals surface area contributed by atoms with Crippen LogP contribution < -0.4 is 24.9 Å². The number of hydrogen-bond donors (Lipinski definition) is 2. The van der Waals surface area contributed by atoms with Gasteiger partial charge in [0.25, 0.3) is 8.32 Å². The van der Waals surface area contributed by atoms with Gasteiger partial charge in [0.05, 0.1) is 26.2 Å². The molecule has 15 nitrogen and oxygen atoms in total. The van der Waals surface area contributed by atoms with Crippen molar-refractivity contribution in [2.24, 2.45) is 5.41 Å². The Kier molecular flexibility index (Phi) is 17.1. The summed E-state index contributed by atoms with van der Waals surface area (Å²) < 4.78 is 49.6. The third-order valence-corrected chi connectivity index (χ3v) is 18.7. The first-order chi connectivity index (χ1) is 32.8. The van der Waals surface area contributed by atoms with Gasteiger partial charge in [-0.2, -0.15) is 4.98 Å². The minimum atomic E-state index is -2.31. The van der Waals surface area contributed by atoms with Gasteiger partial charge in [-0.25, -0.2) is 9.59 Å². The molecule has 0 bridgehead atoms. The highest BCUT2D eigenvalue weighted by Crippen LogP contribution is 2.45. The molecule has 16 heteroatoms. The maximum Gasteiger partial charge on any atom is 0.413 e. The number of rotatable bonds is 20. The van der Waals surface area contributed by atoms with Crippen LogP contribution in [0.4, 0.5) is 10.6 Å². The molecule has 69 heavy (non-hydrogen) atoms. The summed E-state index contributed by atoms with van der Waals surface area (Å²) in [6.07, 6.45) is -4.52. The molecular formula is C53H67N3O12Si. The standard InChI is InChI=1S/C53H67N3O12Si/c1-34(2)69(35(3)4,36(5)6)68-43-20-16-15-17-37(43)31-63-51(60)55-45-29-30-56(50(59)54-45)48-47(64-33-65-49(58)52(7,8)9)46(57)44(67-48)32-66-53(38-18-13-12-14-19-38,39-21-25-41(61-10)26-22-39)40-23-27-42(62-11)28-24-40/h12-30,34-36,44,46-48,57H,31-33H2,1-11H3,(H,54,55,59,60)/t44-,46-,47-,48-/m1/s1. The number of hydrogen-bond acceptors (Lipinski definition) is 13. The van der Waals surface area contributed by atoms with Gasteiger partial charge in [0.2, 0.25) is 0 Å². The van der Waals surface area contributed by atoms with E-state index in [0.29, 0.717) is 39.4 Å². The van der Waals surface area contributed by atoms with Gasteiger partial charge in [-0.15, -0.1) is 0 Å². The fraction of sp³-hybridized carbons (Fsp3) is 0.434. The van der Waals surface area contributed by atoms with Crippen molar-refractivity contribution in [1.29, 1.82) is 0 Å². The van der Waals surface area contributed by atoms with Crippen molar-refractivity contribution in [3.05, 3.63) is 148 Å². The lowest BCUT2D eigenvalue weighted by Gasteiger charge is -2.42. The second-order valence-electron chi connectivity index (χ2n) is 19.0. The monoisotopic (exact) mass is 965 g/mol. The summed E-state index contributed by atoms with van der Waals surface area (Å²) in [6.45, 7) is 17.5. The number of benzene rings is 4. The van der Waals surface area contributed by atoms with Crippen molar-refractivity contribution in [3.8, 4) is 17.2 Å². The molecule has 1 aliphatic rings. The topological polar surface area (TPSA) is 175 Å². The normalized spacial score (nSPS) is 17.5. The van der Waals surface area contributed by atoms with Crippen molar-refractivity contribution in [2.45, 2.75) is 116 Å². The van der Waals surface area contributed by atoms with Crippen LogP contribution in [0, 0.1) is 5.41 Å². The minimum absolute atomic E-state index is 0.0849. The molecule has 6 rings (SSSR count). The highest BCUT2D eigenvalue weighted by Gasteiger charge is 2.49. The van der Waals surface area contributed by atoms with Gasteiger partial charge in [0, 0.05) is 11.8 Å². The molecule has 370 valence electrons. The summed E-state index contributed by atoms with van der Waals surface area (Å²) in [5.41, 5.74) is 1.05. The molecule has 1 fully saturated rings. The van der Waals surface area contributed by atoms with E-state index in [1.165, 1.54) is 12.3 Å². The molecule has 2 heterocycles. The Bertz CT molecular complexity index is 2460. The van der Waals surface area contributed by atoms with E-state index in [4.69, 9.17) is 37.6 Å². The number of aromatic nitrogens is 2. The zero-order valence-electron chi connectivity index (χ0n) is 41.5. The van der Waals surface area contributed by atoms with E-state index in [9.17, 15) is 19.5 Å². The first-order valence-electron chi connectivity index (χ1n) is 23.3. The fourth-order valence-corrected chi connectivity index (χ4v) is 14.4. The highest BCUT2D eigenvalue weighted by atomic mass is 28.4. The lowest BCUT2D eigenvalue weighted by Crippen LogP contribution is -2.50. The van der Waals surface area contributed by atoms with Crippen molar-refractivity contribution in [3.63, 3.8) is 0 Å². The third kappa shape index (κ3) is 11.7. The number of carbonyl (C=O) groups excluding carboxylic acids is 2. The van der Waals surface area contributed by atoms with Gasteiger partial charge in [0.15, 0.2) is 13.0 Å². The van der Waals surface area contributed by atoms with Gasteiger partial charge in [0.1, 0.15) is 53.6 Å². The number of aliphatic hydroxyl groups excluding tert-OH is 1. The first kappa shape index (κ1) is 52.3. The van der Waals surface area contributed by atoms with E-state index in [1.807, 2.05) is 103 Å². The molecule has 0 spiro atoms. The summed E-state index contributed by atoms with van der Waals surface area (Å²) in [6, 6.07) is 33.5. The number of anilines is 1. The summed E-state index contributed by atoms with van der Waals surface area (Å²) in [5, 5.41) is 14.6. The van der Waals surface area contributed by atoms with E-state index in [1.54, 1.807) is 35.0 Å². The zero-order valence-corrected chi connectivity index (χ0v) is 42.5. The van der Waals surface area contributed by atoms with Crippen LogP contribution in [-0.2, 0) is 40.7 Å². The van der Waals surface area contributed by atoms with Gasteiger partial charge >= 0.3 is 17.8 Å². The van der Waals surface area contributed by atoms with Gasteiger partial charge in [-0.1, -0.05) is 114 Å². The Morgan fingerprint density at radius 3 is 1.86 bits per heavy atom. The van der Waals surface area contributed by atoms with Crippen LogP contribution in [-0.4, -0.2) is 81.0 Å². The van der Waals surface area contributed by atoms with Crippen molar-refractivity contribution in [2.75, 3.05) is 32.9 Å². The average molecular weight is 966 g/mol. The molecule has 0 unspecified atom stereocenters. The number of nitrogens with one attached hydrogen (secondary N) is 1. The van der Waals surface area contributed by atoms with Crippen molar-refractivity contribution >= 4 is 26.2 Å². The minimum Gasteiger partial charge on any atom is -0.542 e. The first-order valence-corrected chi connectivity index (χ1v) is 25.4. The second kappa shape index (κ2) is 22.6. The Labute approximate surface area is 406 Å². The summed E-state index contributed by atoms with van der Waals surface area (Å²) in [5.74, 6) is 1.34. The van der Waals surface area contributed by atoms with Gasteiger partial charge < -0.3 is 42.7 Å². The van der Waals surface area contributed by atoms with Crippen LogP contribution >= 0.6 is 0 Å². The molecule has 5 aromatic rings. The predicted octanol–water partition coefficient (Wildman–Crippen LogP) is 9.76. The molecular weight excluding hydrogens is 899 g/mol. The van der Waals surface area contributed by atoms with Crippen LogP contribution in [0.2, 0.25) is 16.6 Å². The molecule has 0 radical (unpaired) electrons. The number of amides is 1. The highest BCUT2D eigenvalue weighted by molar-refractivity contribution is 6.78. The summed E-state index contributed by atoms with van der Waals surface area (Å²) in [7, 11) is 0.869. The molecule has 0 saturated carbocycles. The molecule has 1 saturated heterocycles. The Hall–Kier alpha value is -6.04. The summed E-state index contributed by atoms with van der Waals surface area (Å²) in [4.78, 5) is 43.9. The molecule has 4 atom stereocenters. The van der Waals surface area contributed by atoms with Crippen LogP contribution in [0.15, 0.2) is 120 Å². The number of methoxy groups -OCH3 is 2.